The molecule has 1 aliphatic heterocycles. The van der Waals surface area contributed by atoms with Crippen LogP contribution in [0.3, 0.4) is 0 Å². The van der Waals surface area contributed by atoms with Crippen LogP contribution >= 0.6 is 11.3 Å². The molecule has 0 spiro atoms. The standard InChI is InChI=1S/C21H15F4N3OS/c22-15-6-1-3-12(7-15)9-28-10-17(29)18(19(28)26)20-27-16(11-30-20)13-4-2-5-14(8-13)21(23,24)25/h1-8,11,26,29H,9-10H2. The van der Waals surface area contributed by atoms with Gasteiger partial charge in [-0.25, -0.2) is 9.37 Å². The number of hydrogen-bond acceptors (Lipinski definition) is 4. The number of thiazole rings is 1. The van der Waals surface area contributed by atoms with Crippen LogP contribution in [0.1, 0.15) is 16.1 Å². The minimum atomic E-state index is -4.46. The van der Waals surface area contributed by atoms with Crippen LogP contribution in [-0.4, -0.2) is 27.4 Å². The van der Waals surface area contributed by atoms with Gasteiger partial charge in [-0.3, -0.25) is 5.41 Å². The van der Waals surface area contributed by atoms with E-state index in [-0.39, 0.29) is 36.1 Å². The summed E-state index contributed by atoms with van der Waals surface area (Å²) in [6, 6.07) is 10.8. The maximum Gasteiger partial charge on any atom is 0.416 e. The number of aliphatic hydroxyl groups excluding tert-OH is 1. The second-order valence-electron chi connectivity index (χ2n) is 6.77. The largest absolute Gasteiger partial charge is 0.510 e. The Morgan fingerprint density at radius 3 is 2.63 bits per heavy atom. The van der Waals surface area contributed by atoms with Crippen molar-refractivity contribution in [1.82, 2.24) is 9.88 Å². The molecule has 3 aromatic rings. The third-order valence-corrected chi connectivity index (χ3v) is 5.51. The van der Waals surface area contributed by atoms with Gasteiger partial charge in [0, 0.05) is 17.5 Å². The summed E-state index contributed by atoms with van der Waals surface area (Å²) < 4.78 is 52.3. The minimum absolute atomic E-state index is 0.0294. The fourth-order valence-electron chi connectivity index (χ4n) is 3.23. The van der Waals surface area contributed by atoms with Gasteiger partial charge in [0.2, 0.25) is 0 Å². The van der Waals surface area contributed by atoms with Crippen molar-refractivity contribution < 1.29 is 22.7 Å². The van der Waals surface area contributed by atoms with E-state index in [1.807, 2.05) is 0 Å². The van der Waals surface area contributed by atoms with Crippen molar-refractivity contribution in [3.05, 3.63) is 81.6 Å². The number of benzene rings is 2. The van der Waals surface area contributed by atoms with Gasteiger partial charge in [-0.15, -0.1) is 11.3 Å². The van der Waals surface area contributed by atoms with E-state index >= 15 is 0 Å². The summed E-state index contributed by atoms with van der Waals surface area (Å²) in [7, 11) is 0. The van der Waals surface area contributed by atoms with Crippen molar-refractivity contribution >= 4 is 22.7 Å². The second-order valence-corrected chi connectivity index (χ2v) is 7.63. The molecule has 0 unspecified atom stereocenters. The van der Waals surface area contributed by atoms with Crippen LogP contribution in [0.2, 0.25) is 0 Å². The fraction of sp³-hybridized carbons (Fsp3) is 0.143. The first-order valence-corrected chi connectivity index (χ1v) is 9.74. The molecular formula is C21H15F4N3OS. The SMILES string of the molecule is N=C1C(c2nc(-c3cccc(C(F)(F)F)c3)cs2)=C(O)CN1Cc1cccc(F)c1. The van der Waals surface area contributed by atoms with Crippen LogP contribution < -0.4 is 0 Å². The predicted octanol–water partition coefficient (Wildman–Crippen LogP) is 5.73. The van der Waals surface area contributed by atoms with Crippen LogP contribution in [0.4, 0.5) is 17.6 Å². The number of aliphatic hydroxyl groups is 1. The number of aromatic nitrogens is 1. The van der Waals surface area contributed by atoms with Crippen molar-refractivity contribution in [3.8, 4) is 11.3 Å². The van der Waals surface area contributed by atoms with Crippen molar-refractivity contribution in [2.45, 2.75) is 12.7 Å². The summed E-state index contributed by atoms with van der Waals surface area (Å²) in [4.78, 5) is 5.92. The Bertz CT molecular complexity index is 1150. The highest BCUT2D eigenvalue weighted by Gasteiger charge is 2.32. The van der Waals surface area contributed by atoms with Gasteiger partial charge in [-0.2, -0.15) is 13.2 Å². The molecule has 0 fully saturated rings. The monoisotopic (exact) mass is 433 g/mol. The van der Waals surface area contributed by atoms with Crippen molar-refractivity contribution in [2.75, 3.05) is 6.54 Å². The number of halogens is 4. The minimum Gasteiger partial charge on any atom is -0.510 e. The molecule has 0 amide bonds. The lowest BCUT2D eigenvalue weighted by Crippen LogP contribution is -2.26. The van der Waals surface area contributed by atoms with E-state index in [0.717, 1.165) is 23.5 Å². The summed E-state index contributed by atoms with van der Waals surface area (Å²) in [5.41, 5.74) is 0.741. The van der Waals surface area contributed by atoms with Crippen LogP contribution in [0, 0.1) is 11.2 Å². The van der Waals surface area contributed by atoms with E-state index in [9.17, 15) is 22.7 Å². The number of hydrogen-bond donors (Lipinski definition) is 2. The molecule has 0 saturated heterocycles. The van der Waals surface area contributed by atoms with Gasteiger partial charge in [-0.1, -0.05) is 24.3 Å². The van der Waals surface area contributed by atoms with Gasteiger partial charge in [0.25, 0.3) is 0 Å². The van der Waals surface area contributed by atoms with Gasteiger partial charge in [-0.05, 0) is 29.8 Å². The Kier molecular flexibility index (Phi) is 5.07. The fourth-order valence-corrected chi connectivity index (χ4v) is 4.12. The van der Waals surface area contributed by atoms with Crippen molar-refractivity contribution in [3.63, 3.8) is 0 Å². The van der Waals surface area contributed by atoms with E-state index in [1.54, 1.807) is 22.4 Å². The molecule has 0 radical (unpaired) electrons. The quantitative estimate of drug-likeness (QED) is 0.517. The molecule has 1 aliphatic rings. The molecule has 0 aliphatic carbocycles. The zero-order chi connectivity index (χ0) is 21.5. The number of nitrogens with zero attached hydrogens (tertiary/aromatic N) is 2. The van der Waals surface area contributed by atoms with E-state index < -0.39 is 11.7 Å². The number of alkyl halides is 3. The van der Waals surface area contributed by atoms with Crippen molar-refractivity contribution in [1.29, 1.82) is 5.41 Å². The van der Waals surface area contributed by atoms with Gasteiger partial charge < -0.3 is 10.0 Å². The first-order chi connectivity index (χ1) is 14.2. The van der Waals surface area contributed by atoms with Crippen molar-refractivity contribution in [2.24, 2.45) is 0 Å². The highest BCUT2D eigenvalue weighted by Crippen LogP contribution is 2.35. The van der Waals surface area contributed by atoms with Gasteiger partial charge in [0.05, 0.1) is 23.4 Å². The lowest BCUT2D eigenvalue weighted by Gasteiger charge is -2.18. The lowest BCUT2D eigenvalue weighted by molar-refractivity contribution is -0.137. The molecule has 9 heteroatoms. The lowest BCUT2D eigenvalue weighted by atomic mass is 10.1. The summed E-state index contributed by atoms with van der Waals surface area (Å²) in [6.45, 7) is 0.305. The summed E-state index contributed by atoms with van der Waals surface area (Å²) in [5.74, 6) is -0.413. The van der Waals surface area contributed by atoms with Gasteiger partial charge in [0.15, 0.2) is 0 Å². The van der Waals surface area contributed by atoms with E-state index in [1.165, 1.54) is 24.3 Å². The molecule has 2 heterocycles. The van der Waals surface area contributed by atoms with Crippen LogP contribution in [0.15, 0.2) is 59.7 Å². The summed E-state index contributed by atoms with van der Waals surface area (Å²) >= 11 is 1.14. The highest BCUT2D eigenvalue weighted by molar-refractivity contribution is 7.11. The normalized spacial score (nSPS) is 14.7. The first-order valence-electron chi connectivity index (χ1n) is 8.86. The molecule has 1 aromatic heterocycles. The van der Waals surface area contributed by atoms with Crippen LogP contribution in [-0.2, 0) is 12.7 Å². The molecule has 2 aromatic carbocycles. The van der Waals surface area contributed by atoms with Crippen LogP contribution in [0.25, 0.3) is 16.8 Å². The number of nitrogens with one attached hydrogen (secondary N) is 1. The topological polar surface area (TPSA) is 60.2 Å². The molecule has 0 saturated carbocycles. The maximum atomic E-state index is 13.4. The Morgan fingerprint density at radius 2 is 1.90 bits per heavy atom. The van der Waals surface area contributed by atoms with E-state index in [0.29, 0.717) is 21.8 Å². The van der Waals surface area contributed by atoms with E-state index in [2.05, 4.69) is 4.98 Å². The Balaban J connectivity index is 1.57. The predicted molar refractivity (Wildman–Crippen MR) is 107 cm³/mol. The average molecular weight is 433 g/mol. The molecule has 0 atom stereocenters. The summed E-state index contributed by atoms with van der Waals surface area (Å²) in [6.07, 6.45) is -4.46. The zero-order valence-electron chi connectivity index (χ0n) is 15.4. The Hall–Kier alpha value is -3.20. The number of rotatable bonds is 4. The molecule has 0 bridgehead atoms. The summed E-state index contributed by atoms with van der Waals surface area (Å²) in [5, 5.41) is 20.7. The van der Waals surface area contributed by atoms with Crippen LogP contribution in [0.5, 0.6) is 0 Å². The molecule has 30 heavy (non-hydrogen) atoms. The number of amidine groups is 1. The molecule has 154 valence electrons. The Morgan fingerprint density at radius 1 is 1.13 bits per heavy atom. The Labute approximate surface area is 173 Å². The molecule has 4 rings (SSSR count). The molecule has 2 N–H and O–H groups in total. The highest BCUT2D eigenvalue weighted by atomic mass is 32.1. The van der Waals surface area contributed by atoms with Gasteiger partial charge in [0.1, 0.15) is 22.4 Å². The zero-order valence-corrected chi connectivity index (χ0v) is 16.2. The smallest absolute Gasteiger partial charge is 0.416 e. The molecular weight excluding hydrogens is 418 g/mol. The van der Waals surface area contributed by atoms with E-state index in [4.69, 9.17) is 5.41 Å². The third-order valence-electron chi connectivity index (χ3n) is 4.65. The first kappa shape index (κ1) is 20.1. The van der Waals surface area contributed by atoms with Gasteiger partial charge >= 0.3 is 6.18 Å². The third kappa shape index (κ3) is 3.93. The average Bonchev–Trinajstić information content (AvgIpc) is 3.26. The second kappa shape index (κ2) is 7.56. The maximum absolute atomic E-state index is 13.4. The molecule has 4 nitrogen and oxygen atoms in total.